The molecular formula is C13H12O4. The monoisotopic (exact) mass is 232 g/mol. The van der Waals surface area contributed by atoms with Crippen LogP contribution in [0.2, 0.25) is 0 Å². The molecule has 17 heavy (non-hydrogen) atoms. The molecule has 0 bridgehead atoms. The van der Waals surface area contributed by atoms with Crippen molar-refractivity contribution in [3.63, 3.8) is 0 Å². The lowest BCUT2D eigenvalue weighted by Gasteiger charge is -2.20. The number of ether oxygens (including phenoxy) is 2. The van der Waals surface area contributed by atoms with E-state index in [0.29, 0.717) is 0 Å². The summed E-state index contributed by atoms with van der Waals surface area (Å²) in [7, 11) is 0. The lowest BCUT2D eigenvalue weighted by Crippen LogP contribution is -2.27. The van der Waals surface area contributed by atoms with Crippen LogP contribution in [0.1, 0.15) is 18.1 Å². The van der Waals surface area contributed by atoms with Gasteiger partial charge in [-0.15, -0.1) is 0 Å². The maximum atomic E-state index is 11.1. The minimum Gasteiger partial charge on any atom is -0.426 e. The molecule has 1 aromatic carbocycles. The number of hydrogen-bond donors (Lipinski definition) is 1. The van der Waals surface area contributed by atoms with E-state index in [0.717, 1.165) is 5.56 Å². The first-order chi connectivity index (χ1) is 8.19. The Hall–Kier alpha value is -1.65. The normalized spacial score (nSPS) is 35.5. The van der Waals surface area contributed by atoms with Gasteiger partial charge in [0.2, 0.25) is 5.79 Å². The molecule has 0 radical (unpaired) electrons. The fourth-order valence-electron chi connectivity index (χ4n) is 2.28. The number of aliphatic hydroxyl groups is 1. The van der Waals surface area contributed by atoms with Crippen LogP contribution >= 0.6 is 0 Å². The molecule has 0 unspecified atom stereocenters. The van der Waals surface area contributed by atoms with Crippen LogP contribution in [0.15, 0.2) is 42.5 Å². The summed E-state index contributed by atoms with van der Waals surface area (Å²) >= 11 is 0. The molecule has 0 saturated carbocycles. The van der Waals surface area contributed by atoms with Crippen molar-refractivity contribution in [2.24, 2.45) is 0 Å². The van der Waals surface area contributed by atoms with Crippen LogP contribution in [0, 0.1) is 0 Å². The van der Waals surface area contributed by atoms with E-state index in [1.165, 1.54) is 6.08 Å². The molecule has 1 fully saturated rings. The van der Waals surface area contributed by atoms with Crippen molar-refractivity contribution in [1.29, 1.82) is 0 Å². The van der Waals surface area contributed by atoms with Gasteiger partial charge in [-0.05, 0) is 11.6 Å². The lowest BCUT2D eigenvalue weighted by molar-refractivity contribution is -0.192. The first-order valence-corrected chi connectivity index (χ1v) is 5.52. The summed E-state index contributed by atoms with van der Waals surface area (Å²) < 4.78 is 10.8. The number of aliphatic hydroxyl groups excluding tert-OH is 1. The van der Waals surface area contributed by atoms with E-state index in [-0.39, 0.29) is 6.42 Å². The van der Waals surface area contributed by atoms with Crippen LogP contribution in [-0.4, -0.2) is 23.0 Å². The average Bonchev–Trinajstić information content (AvgIpc) is 2.84. The Balaban J connectivity index is 1.86. The van der Waals surface area contributed by atoms with Crippen molar-refractivity contribution >= 4 is 5.97 Å². The van der Waals surface area contributed by atoms with E-state index in [1.54, 1.807) is 6.08 Å². The molecule has 88 valence electrons. The summed E-state index contributed by atoms with van der Waals surface area (Å²) in [5.74, 6) is -1.50. The number of rotatable bonds is 1. The molecule has 2 aliphatic heterocycles. The summed E-state index contributed by atoms with van der Waals surface area (Å²) in [6, 6.07) is 9.43. The molecule has 1 aromatic rings. The molecule has 0 amide bonds. The third kappa shape index (κ3) is 1.75. The Labute approximate surface area is 98.5 Å². The maximum Gasteiger partial charge on any atom is 0.333 e. The molecule has 0 aromatic heterocycles. The standard InChI is InChI=1S/C13H12O4/c14-10-8-13(7-6-11(15)16-13)17-12(10)9-4-2-1-3-5-9/h1-7,10,12,14H,8H2/t10-,12-,13+/m1/s1. The minimum absolute atomic E-state index is 0.273. The van der Waals surface area contributed by atoms with Gasteiger partial charge in [-0.25, -0.2) is 4.79 Å². The number of esters is 1. The van der Waals surface area contributed by atoms with Gasteiger partial charge in [-0.2, -0.15) is 0 Å². The second-order valence-corrected chi connectivity index (χ2v) is 4.29. The maximum absolute atomic E-state index is 11.1. The van der Waals surface area contributed by atoms with Crippen molar-refractivity contribution in [3.8, 4) is 0 Å². The Morgan fingerprint density at radius 2 is 2.06 bits per heavy atom. The van der Waals surface area contributed by atoms with Crippen LogP contribution in [0.25, 0.3) is 0 Å². The number of benzene rings is 1. The van der Waals surface area contributed by atoms with E-state index in [9.17, 15) is 9.90 Å². The molecule has 4 heteroatoms. The third-order valence-electron chi connectivity index (χ3n) is 3.04. The molecular weight excluding hydrogens is 220 g/mol. The highest BCUT2D eigenvalue weighted by atomic mass is 16.7. The Kier molecular flexibility index (Phi) is 2.28. The Morgan fingerprint density at radius 1 is 1.29 bits per heavy atom. The summed E-state index contributed by atoms with van der Waals surface area (Å²) in [5, 5.41) is 10.0. The summed E-state index contributed by atoms with van der Waals surface area (Å²) in [6.45, 7) is 0. The summed E-state index contributed by atoms with van der Waals surface area (Å²) in [5.41, 5.74) is 0.883. The molecule has 3 atom stereocenters. The van der Waals surface area contributed by atoms with E-state index in [4.69, 9.17) is 9.47 Å². The number of carbonyl (C=O) groups excluding carboxylic acids is 1. The van der Waals surface area contributed by atoms with E-state index >= 15 is 0 Å². The predicted molar refractivity (Wildman–Crippen MR) is 58.9 cm³/mol. The van der Waals surface area contributed by atoms with Gasteiger partial charge >= 0.3 is 5.97 Å². The molecule has 1 spiro atoms. The highest BCUT2D eigenvalue weighted by Gasteiger charge is 2.49. The average molecular weight is 232 g/mol. The van der Waals surface area contributed by atoms with E-state index < -0.39 is 24.0 Å². The molecule has 0 aliphatic carbocycles. The number of carbonyl (C=O) groups is 1. The van der Waals surface area contributed by atoms with Crippen LogP contribution in [0.4, 0.5) is 0 Å². The van der Waals surface area contributed by atoms with Crippen LogP contribution < -0.4 is 0 Å². The predicted octanol–water partition coefficient (Wildman–Crippen LogP) is 1.32. The zero-order chi connectivity index (χ0) is 11.9. The topological polar surface area (TPSA) is 55.8 Å². The Morgan fingerprint density at radius 3 is 2.71 bits per heavy atom. The minimum atomic E-state index is -1.07. The fourth-order valence-corrected chi connectivity index (χ4v) is 2.28. The van der Waals surface area contributed by atoms with Gasteiger partial charge in [0.25, 0.3) is 0 Å². The van der Waals surface area contributed by atoms with Crippen LogP contribution in [0.3, 0.4) is 0 Å². The molecule has 3 rings (SSSR count). The second kappa shape index (κ2) is 3.68. The van der Waals surface area contributed by atoms with Gasteiger partial charge in [0.1, 0.15) is 6.10 Å². The largest absolute Gasteiger partial charge is 0.426 e. The quantitative estimate of drug-likeness (QED) is 0.742. The van der Waals surface area contributed by atoms with Gasteiger partial charge in [0.15, 0.2) is 0 Å². The highest BCUT2D eigenvalue weighted by Crippen LogP contribution is 2.43. The number of hydrogen-bond acceptors (Lipinski definition) is 4. The summed E-state index contributed by atoms with van der Waals surface area (Å²) in [6.07, 6.45) is 2.05. The van der Waals surface area contributed by atoms with Crippen LogP contribution in [-0.2, 0) is 14.3 Å². The van der Waals surface area contributed by atoms with Gasteiger partial charge in [0, 0.05) is 12.5 Å². The first-order valence-electron chi connectivity index (χ1n) is 5.52. The second-order valence-electron chi connectivity index (χ2n) is 4.29. The highest BCUT2D eigenvalue weighted by molar-refractivity contribution is 5.85. The molecule has 4 nitrogen and oxygen atoms in total. The SMILES string of the molecule is O=C1C=C[C@]2(C[C@@H](O)[C@@H](c3ccccc3)O2)O1. The zero-order valence-electron chi connectivity index (χ0n) is 9.08. The van der Waals surface area contributed by atoms with Crippen molar-refractivity contribution in [2.45, 2.75) is 24.4 Å². The molecule has 1 saturated heterocycles. The molecule has 2 aliphatic rings. The van der Waals surface area contributed by atoms with Crippen molar-refractivity contribution in [2.75, 3.05) is 0 Å². The van der Waals surface area contributed by atoms with Crippen molar-refractivity contribution in [1.82, 2.24) is 0 Å². The fraction of sp³-hybridized carbons (Fsp3) is 0.308. The zero-order valence-corrected chi connectivity index (χ0v) is 9.08. The van der Waals surface area contributed by atoms with E-state index in [2.05, 4.69) is 0 Å². The molecule has 2 heterocycles. The van der Waals surface area contributed by atoms with Crippen molar-refractivity contribution in [3.05, 3.63) is 48.0 Å². The van der Waals surface area contributed by atoms with Gasteiger partial charge < -0.3 is 14.6 Å². The van der Waals surface area contributed by atoms with Gasteiger partial charge in [-0.1, -0.05) is 30.3 Å². The van der Waals surface area contributed by atoms with Crippen LogP contribution in [0.5, 0.6) is 0 Å². The van der Waals surface area contributed by atoms with Gasteiger partial charge in [0.05, 0.1) is 6.10 Å². The third-order valence-corrected chi connectivity index (χ3v) is 3.04. The van der Waals surface area contributed by atoms with Gasteiger partial charge in [-0.3, -0.25) is 0 Å². The summed E-state index contributed by atoms with van der Waals surface area (Å²) in [4.78, 5) is 11.1. The Bertz CT molecular complexity index is 468. The lowest BCUT2D eigenvalue weighted by atomic mass is 10.0. The first kappa shape index (κ1) is 10.5. The molecule has 1 N–H and O–H groups in total. The smallest absolute Gasteiger partial charge is 0.333 e. The van der Waals surface area contributed by atoms with E-state index in [1.807, 2.05) is 30.3 Å². The van der Waals surface area contributed by atoms with Crippen molar-refractivity contribution < 1.29 is 19.4 Å².